The Hall–Kier alpha value is -2.22. The van der Waals surface area contributed by atoms with Crippen LogP contribution in [0.1, 0.15) is 17.9 Å². The summed E-state index contributed by atoms with van der Waals surface area (Å²) >= 11 is 0. The molecule has 1 unspecified atom stereocenters. The molecule has 0 bridgehead atoms. The molecule has 0 radical (unpaired) electrons. The summed E-state index contributed by atoms with van der Waals surface area (Å²) < 4.78 is 14.8. The quantitative estimate of drug-likeness (QED) is 0.745. The van der Waals surface area contributed by atoms with Crippen molar-refractivity contribution in [1.82, 2.24) is 0 Å². The van der Waals surface area contributed by atoms with Crippen molar-refractivity contribution in [3.05, 3.63) is 23.8 Å². The molecule has 0 spiro atoms. The maximum atomic E-state index is 11.2. The van der Waals surface area contributed by atoms with E-state index in [2.05, 4.69) is 10.8 Å². The second-order valence-electron chi connectivity index (χ2n) is 3.57. The maximum absolute atomic E-state index is 11.2. The number of rotatable bonds is 5. The summed E-state index contributed by atoms with van der Waals surface area (Å²) in [6.45, 7) is 0. The highest BCUT2D eigenvalue weighted by Crippen LogP contribution is 2.32. The lowest BCUT2D eigenvalue weighted by Gasteiger charge is -2.13. The van der Waals surface area contributed by atoms with Gasteiger partial charge in [-0.3, -0.25) is 4.79 Å². The van der Waals surface area contributed by atoms with Crippen LogP contribution in [0.4, 0.5) is 0 Å². The average Bonchev–Trinajstić information content (AvgIpc) is 2.43. The number of ether oxygens (including phenoxy) is 3. The Morgan fingerprint density at radius 2 is 2.06 bits per heavy atom. The molecule has 0 heterocycles. The lowest BCUT2D eigenvalue weighted by molar-refractivity contribution is -0.140. The number of esters is 1. The minimum atomic E-state index is -0.599. The fraction of sp³-hybridized carbons (Fsp3) is 0.385. The van der Waals surface area contributed by atoms with Crippen LogP contribution in [0.25, 0.3) is 0 Å². The van der Waals surface area contributed by atoms with E-state index in [0.717, 1.165) is 0 Å². The van der Waals surface area contributed by atoms with Gasteiger partial charge in [0.05, 0.1) is 39.7 Å². The topological polar surface area (TPSA) is 68.6 Å². The number of benzene rings is 1. The summed E-state index contributed by atoms with van der Waals surface area (Å²) in [6.07, 6.45) is -0.00428. The third kappa shape index (κ3) is 3.14. The largest absolute Gasteiger partial charge is 0.497 e. The third-order valence-electron chi connectivity index (χ3n) is 2.57. The predicted octanol–water partition coefficient (Wildman–Crippen LogP) is 1.87. The molecule has 0 aromatic heterocycles. The van der Waals surface area contributed by atoms with E-state index in [4.69, 9.17) is 14.7 Å². The number of carbonyl (C=O) groups excluding carboxylic acids is 1. The molecule has 0 aliphatic heterocycles. The maximum Gasteiger partial charge on any atom is 0.307 e. The molecule has 0 aliphatic carbocycles. The molecule has 96 valence electrons. The molecule has 5 nitrogen and oxygen atoms in total. The number of nitrogens with zero attached hydrogens (tertiary/aromatic N) is 1. The van der Waals surface area contributed by atoms with E-state index in [1.807, 2.05) is 0 Å². The molecule has 0 aliphatic rings. The predicted molar refractivity (Wildman–Crippen MR) is 64.5 cm³/mol. The molecule has 5 heteroatoms. The molecule has 1 rings (SSSR count). The van der Waals surface area contributed by atoms with E-state index < -0.39 is 11.9 Å². The van der Waals surface area contributed by atoms with Crippen LogP contribution in [0.5, 0.6) is 11.5 Å². The monoisotopic (exact) mass is 249 g/mol. The molecule has 1 aromatic carbocycles. The van der Waals surface area contributed by atoms with Gasteiger partial charge in [0.15, 0.2) is 0 Å². The van der Waals surface area contributed by atoms with Crippen molar-refractivity contribution in [3.8, 4) is 17.6 Å². The van der Waals surface area contributed by atoms with E-state index in [-0.39, 0.29) is 6.42 Å². The van der Waals surface area contributed by atoms with Crippen LogP contribution in [0.15, 0.2) is 18.2 Å². The van der Waals surface area contributed by atoms with Gasteiger partial charge in [0.25, 0.3) is 0 Å². The summed E-state index contributed by atoms with van der Waals surface area (Å²) in [5, 5.41) is 9.13. The van der Waals surface area contributed by atoms with Crippen LogP contribution >= 0.6 is 0 Å². The molecule has 1 aromatic rings. The number of hydrogen-bond donors (Lipinski definition) is 0. The van der Waals surface area contributed by atoms with Gasteiger partial charge in [-0.15, -0.1) is 0 Å². The van der Waals surface area contributed by atoms with Crippen molar-refractivity contribution >= 4 is 5.97 Å². The number of methoxy groups -OCH3 is 3. The smallest absolute Gasteiger partial charge is 0.307 e. The minimum absolute atomic E-state index is 0.00428. The third-order valence-corrected chi connectivity index (χ3v) is 2.57. The van der Waals surface area contributed by atoms with E-state index >= 15 is 0 Å². The van der Waals surface area contributed by atoms with Crippen LogP contribution in [-0.4, -0.2) is 27.3 Å². The van der Waals surface area contributed by atoms with Crippen molar-refractivity contribution in [2.24, 2.45) is 0 Å². The number of carbonyl (C=O) groups is 1. The highest BCUT2D eigenvalue weighted by Gasteiger charge is 2.20. The average molecular weight is 249 g/mol. The second-order valence-corrected chi connectivity index (χ2v) is 3.57. The van der Waals surface area contributed by atoms with Gasteiger partial charge in [0.2, 0.25) is 0 Å². The Balaban J connectivity index is 3.06. The van der Waals surface area contributed by atoms with Gasteiger partial charge < -0.3 is 14.2 Å². The Morgan fingerprint density at radius 1 is 1.33 bits per heavy atom. The Kier molecular flexibility index (Phi) is 5.00. The molecular formula is C13H15NO4. The SMILES string of the molecule is COC(=O)CC(C#N)c1ccc(OC)cc1OC. The van der Waals surface area contributed by atoms with Gasteiger partial charge in [-0.25, -0.2) is 0 Å². The van der Waals surface area contributed by atoms with Crippen molar-refractivity contribution in [2.45, 2.75) is 12.3 Å². The highest BCUT2D eigenvalue weighted by molar-refractivity contribution is 5.71. The van der Waals surface area contributed by atoms with Crippen LogP contribution in [0.2, 0.25) is 0 Å². The first kappa shape index (κ1) is 13.8. The van der Waals surface area contributed by atoms with Crippen molar-refractivity contribution in [1.29, 1.82) is 5.26 Å². The summed E-state index contributed by atoms with van der Waals surface area (Å²) in [6, 6.07) is 7.19. The van der Waals surface area contributed by atoms with Crippen molar-refractivity contribution in [2.75, 3.05) is 21.3 Å². The number of nitriles is 1. The van der Waals surface area contributed by atoms with Crippen molar-refractivity contribution in [3.63, 3.8) is 0 Å². The van der Waals surface area contributed by atoms with E-state index in [1.54, 1.807) is 25.3 Å². The molecule has 0 saturated carbocycles. The number of hydrogen-bond acceptors (Lipinski definition) is 5. The lowest BCUT2D eigenvalue weighted by Crippen LogP contribution is -2.08. The van der Waals surface area contributed by atoms with Gasteiger partial charge in [-0.2, -0.15) is 5.26 Å². The molecule has 0 amide bonds. The molecule has 18 heavy (non-hydrogen) atoms. The van der Waals surface area contributed by atoms with E-state index in [9.17, 15) is 4.79 Å². The summed E-state index contributed by atoms with van der Waals surface area (Å²) in [7, 11) is 4.34. The summed E-state index contributed by atoms with van der Waals surface area (Å²) in [4.78, 5) is 11.2. The minimum Gasteiger partial charge on any atom is -0.497 e. The molecule has 0 N–H and O–H groups in total. The fourth-order valence-corrected chi connectivity index (χ4v) is 1.58. The Bertz CT molecular complexity index is 465. The molecular weight excluding hydrogens is 234 g/mol. The highest BCUT2D eigenvalue weighted by atomic mass is 16.5. The zero-order valence-electron chi connectivity index (χ0n) is 10.6. The van der Waals surface area contributed by atoms with Crippen LogP contribution in [0.3, 0.4) is 0 Å². The van der Waals surface area contributed by atoms with Crippen LogP contribution in [0, 0.1) is 11.3 Å². The Morgan fingerprint density at radius 3 is 2.56 bits per heavy atom. The zero-order chi connectivity index (χ0) is 13.5. The first-order valence-corrected chi connectivity index (χ1v) is 5.34. The first-order chi connectivity index (χ1) is 8.65. The molecule has 0 saturated heterocycles. The van der Waals surface area contributed by atoms with Gasteiger partial charge in [0, 0.05) is 11.6 Å². The fourth-order valence-electron chi connectivity index (χ4n) is 1.58. The van der Waals surface area contributed by atoms with Crippen LogP contribution < -0.4 is 9.47 Å². The van der Waals surface area contributed by atoms with Crippen molar-refractivity contribution < 1.29 is 19.0 Å². The normalized spacial score (nSPS) is 11.2. The van der Waals surface area contributed by atoms with E-state index in [0.29, 0.717) is 17.1 Å². The zero-order valence-corrected chi connectivity index (χ0v) is 10.6. The summed E-state index contributed by atoms with van der Waals surface area (Å²) in [5.41, 5.74) is 0.645. The van der Waals surface area contributed by atoms with Crippen LogP contribution in [-0.2, 0) is 9.53 Å². The Labute approximate surface area is 106 Å². The summed E-state index contributed by atoms with van der Waals surface area (Å²) in [5.74, 6) is 0.118. The second kappa shape index (κ2) is 6.50. The van der Waals surface area contributed by atoms with E-state index in [1.165, 1.54) is 14.2 Å². The van der Waals surface area contributed by atoms with Gasteiger partial charge in [0.1, 0.15) is 11.5 Å². The van der Waals surface area contributed by atoms with Gasteiger partial charge in [-0.1, -0.05) is 6.07 Å². The lowest BCUT2D eigenvalue weighted by atomic mass is 9.96. The molecule has 1 atom stereocenters. The van der Waals surface area contributed by atoms with Gasteiger partial charge in [-0.05, 0) is 6.07 Å². The van der Waals surface area contributed by atoms with Gasteiger partial charge >= 0.3 is 5.97 Å². The first-order valence-electron chi connectivity index (χ1n) is 5.34. The standard InChI is InChI=1S/C13H15NO4/c1-16-10-4-5-11(12(7-10)17-2)9(8-14)6-13(15)18-3/h4-5,7,9H,6H2,1-3H3. The molecule has 0 fully saturated rings.